The molecule has 2 aromatic heterocycles. The van der Waals surface area contributed by atoms with E-state index >= 15 is 0 Å². The summed E-state index contributed by atoms with van der Waals surface area (Å²) in [5, 5.41) is 12.3. The van der Waals surface area contributed by atoms with Crippen LogP contribution in [0.4, 0.5) is 0 Å². The van der Waals surface area contributed by atoms with E-state index in [1.807, 2.05) is 33.9 Å². The van der Waals surface area contributed by atoms with Crippen molar-refractivity contribution in [1.29, 1.82) is 0 Å². The van der Waals surface area contributed by atoms with Crippen LogP contribution in [0.15, 0.2) is 45.5 Å². The summed E-state index contributed by atoms with van der Waals surface area (Å²) >= 11 is 1.59. The summed E-state index contributed by atoms with van der Waals surface area (Å²) in [4.78, 5) is 14.4. The monoisotopic (exact) mass is 399 g/mol. The number of thiophene rings is 1. The molecule has 1 saturated heterocycles. The van der Waals surface area contributed by atoms with Gasteiger partial charge in [0.15, 0.2) is 6.61 Å². The van der Waals surface area contributed by atoms with Crippen LogP contribution in [0, 0.1) is 0 Å². The van der Waals surface area contributed by atoms with E-state index in [-0.39, 0.29) is 18.4 Å². The van der Waals surface area contributed by atoms with Crippen molar-refractivity contribution in [3.8, 4) is 23.0 Å². The van der Waals surface area contributed by atoms with Crippen molar-refractivity contribution >= 4 is 17.2 Å². The fourth-order valence-corrected chi connectivity index (χ4v) is 3.86. The molecule has 0 spiro atoms. The van der Waals surface area contributed by atoms with Gasteiger partial charge in [0.2, 0.25) is 11.8 Å². The number of hydrogen-bond donors (Lipinski definition) is 0. The number of nitrogens with zero attached hydrogens (tertiary/aromatic N) is 3. The Hall–Kier alpha value is -2.87. The van der Waals surface area contributed by atoms with Gasteiger partial charge in [-0.15, -0.1) is 10.2 Å². The van der Waals surface area contributed by atoms with E-state index in [1.54, 1.807) is 30.6 Å². The van der Waals surface area contributed by atoms with Gasteiger partial charge in [0, 0.05) is 30.1 Å². The summed E-state index contributed by atoms with van der Waals surface area (Å²) in [7, 11) is 1.60. The van der Waals surface area contributed by atoms with Crippen LogP contribution in [-0.2, 0) is 4.79 Å². The first-order valence-electron chi connectivity index (χ1n) is 9.13. The first-order chi connectivity index (χ1) is 13.7. The quantitative estimate of drug-likeness (QED) is 0.630. The Kier molecular flexibility index (Phi) is 5.57. The lowest BCUT2D eigenvalue weighted by Gasteiger charge is -2.31. The molecule has 3 heterocycles. The fourth-order valence-electron chi connectivity index (χ4n) is 3.23. The van der Waals surface area contributed by atoms with Gasteiger partial charge in [0.25, 0.3) is 5.91 Å². The Morgan fingerprint density at radius 2 is 2.21 bits per heavy atom. The van der Waals surface area contributed by atoms with Gasteiger partial charge in [-0.1, -0.05) is 6.07 Å². The van der Waals surface area contributed by atoms with Crippen LogP contribution in [0.25, 0.3) is 11.5 Å². The number of ether oxygens (including phenoxy) is 2. The molecule has 4 rings (SSSR count). The average Bonchev–Trinajstić information content (AvgIpc) is 3.44. The Balaban J connectivity index is 1.36. The predicted octanol–water partition coefficient (Wildman–Crippen LogP) is 3.59. The van der Waals surface area contributed by atoms with Crippen LogP contribution < -0.4 is 9.47 Å². The van der Waals surface area contributed by atoms with Crippen LogP contribution in [0.3, 0.4) is 0 Å². The molecule has 1 aromatic carbocycles. The first-order valence-corrected chi connectivity index (χ1v) is 10.1. The highest BCUT2D eigenvalue weighted by atomic mass is 32.1. The van der Waals surface area contributed by atoms with Gasteiger partial charge in [-0.05, 0) is 36.4 Å². The van der Waals surface area contributed by atoms with Gasteiger partial charge in [-0.3, -0.25) is 4.79 Å². The zero-order valence-electron chi connectivity index (χ0n) is 15.5. The largest absolute Gasteiger partial charge is 0.497 e. The molecule has 8 heteroatoms. The molecule has 0 radical (unpaired) electrons. The third-order valence-corrected chi connectivity index (χ3v) is 5.42. The number of rotatable bonds is 6. The van der Waals surface area contributed by atoms with Crippen molar-refractivity contribution in [1.82, 2.24) is 15.1 Å². The lowest BCUT2D eigenvalue weighted by atomic mass is 9.98. The molecular weight excluding hydrogens is 378 g/mol. The molecule has 0 N–H and O–H groups in total. The highest BCUT2D eigenvalue weighted by molar-refractivity contribution is 7.08. The van der Waals surface area contributed by atoms with Crippen LogP contribution in [0.2, 0.25) is 0 Å². The molecule has 1 aliphatic heterocycles. The average molecular weight is 399 g/mol. The minimum Gasteiger partial charge on any atom is -0.497 e. The topological polar surface area (TPSA) is 77.7 Å². The number of methoxy groups -OCH3 is 1. The number of amides is 1. The summed E-state index contributed by atoms with van der Waals surface area (Å²) in [6.45, 7) is 1.26. The van der Waals surface area contributed by atoms with Crippen molar-refractivity contribution < 1.29 is 18.7 Å². The summed E-state index contributed by atoms with van der Waals surface area (Å²) < 4.78 is 16.7. The Morgan fingerprint density at radius 1 is 1.32 bits per heavy atom. The summed E-state index contributed by atoms with van der Waals surface area (Å²) in [5.74, 6) is 2.42. The molecule has 3 aromatic rings. The maximum Gasteiger partial charge on any atom is 0.260 e. The summed E-state index contributed by atoms with van der Waals surface area (Å²) in [6.07, 6.45) is 1.82. The number of carbonyl (C=O) groups excluding carboxylic acids is 1. The van der Waals surface area contributed by atoms with Crippen molar-refractivity contribution in [2.75, 3.05) is 26.8 Å². The molecule has 1 aliphatic rings. The summed E-state index contributed by atoms with van der Waals surface area (Å²) in [6, 6.07) is 9.18. The third-order valence-electron chi connectivity index (χ3n) is 4.74. The number of hydrogen-bond acceptors (Lipinski definition) is 7. The van der Waals surface area contributed by atoms with E-state index in [0.717, 1.165) is 18.4 Å². The van der Waals surface area contributed by atoms with Crippen LogP contribution in [-0.4, -0.2) is 47.8 Å². The number of carbonyl (C=O) groups is 1. The van der Waals surface area contributed by atoms with Gasteiger partial charge in [0.05, 0.1) is 13.0 Å². The number of aromatic nitrogens is 2. The minimum atomic E-state index is -0.0508. The second kappa shape index (κ2) is 8.43. The molecule has 1 atom stereocenters. The van der Waals surface area contributed by atoms with Gasteiger partial charge in [0.1, 0.15) is 11.5 Å². The maximum absolute atomic E-state index is 12.6. The van der Waals surface area contributed by atoms with E-state index in [9.17, 15) is 4.79 Å². The van der Waals surface area contributed by atoms with Crippen molar-refractivity contribution in [3.05, 3.63) is 47.0 Å². The van der Waals surface area contributed by atoms with E-state index < -0.39 is 0 Å². The molecule has 0 aliphatic carbocycles. The van der Waals surface area contributed by atoms with E-state index in [0.29, 0.717) is 36.4 Å². The van der Waals surface area contributed by atoms with Crippen LogP contribution >= 0.6 is 11.3 Å². The highest BCUT2D eigenvalue weighted by Crippen LogP contribution is 2.29. The summed E-state index contributed by atoms with van der Waals surface area (Å²) in [5.41, 5.74) is 0.930. The minimum absolute atomic E-state index is 0.0100. The number of piperidine rings is 1. The van der Waals surface area contributed by atoms with Crippen LogP contribution in [0.1, 0.15) is 24.7 Å². The second-order valence-electron chi connectivity index (χ2n) is 6.60. The van der Waals surface area contributed by atoms with E-state index in [4.69, 9.17) is 13.9 Å². The standard InChI is InChI=1S/C20H21N3O4S/c1-25-16-5-2-6-17(10-16)26-12-18(24)23-8-3-4-14(11-23)19-21-22-20(27-19)15-7-9-28-13-15/h2,5-7,9-10,13-14H,3-4,8,11-12H2,1H3/t14-/m1/s1. The Labute approximate surface area is 166 Å². The van der Waals surface area contributed by atoms with Gasteiger partial charge in [-0.25, -0.2) is 0 Å². The zero-order valence-corrected chi connectivity index (χ0v) is 16.4. The number of likely N-dealkylation sites (tertiary alicyclic amines) is 1. The molecule has 28 heavy (non-hydrogen) atoms. The van der Waals surface area contributed by atoms with Crippen LogP contribution in [0.5, 0.6) is 11.5 Å². The predicted molar refractivity (Wildman–Crippen MR) is 105 cm³/mol. The molecule has 0 saturated carbocycles. The lowest BCUT2D eigenvalue weighted by Crippen LogP contribution is -2.41. The highest BCUT2D eigenvalue weighted by Gasteiger charge is 2.28. The van der Waals surface area contributed by atoms with Gasteiger partial charge < -0.3 is 18.8 Å². The molecule has 0 bridgehead atoms. The normalized spacial score (nSPS) is 16.8. The van der Waals surface area contributed by atoms with Crippen molar-refractivity contribution in [2.45, 2.75) is 18.8 Å². The van der Waals surface area contributed by atoms with E-state index in [2.05, 4.69) is 10.2 Å². The Morgan fingerprint density at radius 3 is 3.04 bits per heavy atom. The lowest BCUT2D eigenvalue weighted by molar-refractivity contribution is -0.134. The SMILES string of the molecule is COc1cccc(OCC(=O)N2CCC[C@@H](c3nnc(-c4ccsc4)o3)C2)c1. The molecular formula is C20H21N3O4S. The van der Waals surface area contributed by atoms with Crippen molar-refractivity contribution in [3.63, 3.8) is 0 Å². The molecule has 0 unspecified atom stereocenters. The van der Waals surface area contributed by atoms with Crippen molar-refractivity contribution in [2.24, 2.45) is 0 Å². The Bertz CT molecular complexity index is 925. The van der Waals surface area contributed by atoms with Gasteiger partial charge >= 0.3 is 0 Å². The fraction of sp³-hybridized carbons (Fsp3) is 0.350. The zero-order chi connectivity index (χ0) is 19.3. The smallest absolute Gasteiger partial charge is 0.260 e. The third kappa shape index (κ3) is 4.17. The second-order valence-corrected chi connectivity index (χ2v) is 7.38. The number of benzene rings is 1. The maximum atomic E-state index is 12.6. The van der Waals surface area contributed by atoms with E-state index in [1.165, 1.54) is 0 Å². The molecule has 1 fully saturated rings. The molecule has 7 nitrogen and oxygen atoms in total. The molecule has 1 amide bonds. The van der Waals surface area contributed by atoms with Gasteiger partial charge in [-0.2, -0.15) is 11.3 Å². The first kappa shape index (κ1) is 18.5. The molecule has 146 valence electrons.